The van der Waals surface area contributed by atoms with E-state index in [0.717, 1.165) is 11.6 Å². The van der Waals surface area contributed by atoms with Crippen LogP contribution >= 0.6 is 0 Å². The zero-order valence-corrected chi connectivity index (χ0v) is 16.4. The fourth-order valence-corrected chi connectivity index (χ4v) is 2.98. The highest BCUT2D eigenvalue weighted by Gasteiger charge is 2.22. The first-order valence-corrected chi connectivity index (χ1v) is 9.68. The van der Waals surface area contributed by atoms with Crippen LogP contribution in [0.3, 0.4) is 0 Å². The fourth-order valence-electron chi connectivity index (χ4n) is 2.98. The molecule has 1 amide bonds. The van der Waals surface area contributed by atoms with Crippen molar-refractivity contribution >= 4 is 5.91 Å². The predicted octanol–water partition coefficient (Wildman–Crippen LogP) is 1.96. The summed E-state index contributed by atoms with van der Waals surface area (Å²) in [5, 5.41) is 25.4. The molecule has 0 radical (unpaired) electrons. The first-order chi connectivity index (χ1) is 13.9. The average Bonchev–Trinajstić information content (AvgIpc) is 2.69. The predicted molar refractivity (Wildman–Crippen MR) is 107 cm³/mol. The lowest BCUT2D eigenvalue weighted by atomic mass is 10.00. The van der Waals surface area contributed by atoms with Crippen molar-refractivity contribution in [3.05, 3.63) is 71.3 Å². The molecule has 0 aliphatic heterocycles. The summed E-state index contributed by atoms with van der Waals surface area (Å²) in [6, 6.07) is 11.7. The van der Waals surface area contributed by atoms with Gasteiger partial charge in [0.05, 0.1) is 18.8 Å². The number of aliphatic hydroxyl groups excluding tert-OH is 2. The van der Waals surface area contributed by atoms with Gasteiger partial charge in [-0.25, -0.2) is 8.78 Å². The molecule has 0 saturated carbocycles. The number of carbonyl (C=O) groups is 1. The van der Waals surface area contributed by atoms with Crippen molar-refractivity contribution in [1.82, 2.24) is 10.6 Å². The van der Waals surface area contributed by atoms with Crippen molar-refractivity contribution in [2.75, 3.05) is 13.2 Å². The minimum Gasteiger partial charge on any atom is -0.395 e. The summed E-state index contributed by atoms with van der Waals surface area (Å²) in [4.78, 5) is 12.4. The van der Waals surface area contributed by atoms with Gasteiger partial charge in [-0.15, -0.1) is 0 Å². The number of carbonyl (C=O) groups excluding carboxylic acids is 1. The normalized spacial score (nSPS) is 14.2. The van der Waals surface area contributed by atoms with Crippen LogP contribution < -0.4 is 10.6 Å². The Labute approximate surface area is 169 Å². The lowest BCUT2D eigenvalue weighted by Gasteiger charge is -2.26. The molecular weight excluding hydrogens is 378 g/mol. The van der Waals surface area contributed by atoms with Gasteiger partial charge in [0.2, 0.25) is 5.91 Å². The van der Waals surface area contributed by atoms with Crippen molar-refractivity contribution in [2.24, 2.45) is 0 Å². The SMILES string of the molecule is CC(CO)NC[C@@H](O)[C@@H](Cc1cc(F)cc(F)c1)NC(=O)CCc1ccccc1. The van der Waals surface area contributed by atoms with Gasteiger partial charge in [0.15, 0.2) is 0 Å². The molecule has 2 aromatic carbocycles. The molecular formula is C22H28F2N2O3. The molecule has 158 valence electrons. The highest BCUT2D eigenvalue weighted by Crippen LogP contribution is 2.12. The number of aryl methyl sites for hydroxylation is 1. The van der Waals surface area contributed by atoms with E-state index in [4.69, 9.17) is 5.11 Å². The lowest BCUT2D eigenvalue weighted by Crippen LogP contribution is -2.50. The Morgan fingerprint density at radius 3 is 2.34 bits per heavy atom. The molecule has 4 N–H and O–H groups in total. The number of rotatable bonds is 11. The van der Waals surface area contributed by atoms with Gasteiger partial charge in [-0.2, -0.15) is 0 Å². The lowest BCUT2D eigenvalue weighted by molar-refractivity contribution is -0.122. The number of nitrogens with one attached hydrogen (secondary N) is 2. The Bertz CT molecular complexity index is 754. The minimum absolute atomic E-state index is 0.0715. The third kappa shape index (κ3) is 8.27. The van der Waals surface area contributed by atoms with E-state index in [2.05, 4.69) is 10.6 Å². The molecule has 0 heterocycles. The second-order valence-electron chi connectivity index (χ2n) is 7.20. The maximum atomic E-state index is 13.5. The van der Waals surface area contributed by atoms with E-state index in [9.17, 15) is 18.7 Å². The van der Waals surface area contributed by atoms with Crippen LogP contribution in [0.15, 0.2) is 48.5 Å². The molecule has 2 rings (SSSR count). The van der Waals surface area contributed by atoms with E-state index in [1.165, 1.54) is 12.1 Å². The second kappa shape index (κ2) is 11.6. The molecule has 5 nitrogen and oxygen atoms in total. The van der Waals surface area contributed by atoms with Gasteiger partial charge >= 0.3 is 0 Å². The first kappa shape index (κ1) is 22.9. The molecule has 2 aromatic rings. The quantitative estimate of drug-likeness (QED) is 0.460. The highest BCUT2D eigenvalue weighted by atomic mass is 19.1. The van der Waals surface area contributed by atoms with Crippen LogP contribution in [0.5, 0.6) is 0 Å². The van der Waals surface area contributed by atoms with Crippen molar-refractivity contribution in [1.29, 1.82) is 0 Å². The van der Waals surface area contributed by atoms with Gasteiger partial charge in [-0.3, -0.25) is 4.79 Å². The van der Waals surface area contributed by atoms with Crippen molar-refractivity contribution in [2.45, 2.75) is 44.4 Å². The topological polar surface area (TPSA) is 81.6 Å². The third-order valence-electron chi connectivity index (χ3n) is 4.62. The number of amides is 1. The van der Waals surface area contributed by atoms with E-state index in [1.54, 1.807) is 6.92 Å². The van der Waals surface area contributed by atoms with Gasteiger partial charge in [0, 0.05) is 25.1 Å². The summed E-state index contributed by atoms with van der Waals surface area (Å²) in [7, 11) is 0. The molecule has 0 spiro atoms. The van der Waals surface area contributed by atoms with Gasteiger partial charge in [-0.05, 0) is 43.0 Å². The van der Waals surface area contributed by atoms with Crippen molar-refractivity contribution < 1.29 is 23.8 Å². The van der Waals surface area contributed by atoms with Gasteiger partial charge < -0.3 is 20.8 Å². The van der Waals surface area contributed by atoms with E-state index >= 15 is 0 Å². The Balaban J connectivity index is 2.02. The zero-order valence-electron chi connectivity index (χ0n) is 16.4. The summed E-state index contributed by atoms with van der Waals surface area (Å²) >= 11 is 0. The van der Waals surface area contributed by atoms with Crippen LogP contribution in [0.25, 0.3) is 0 Å². The van der Waals surface area contributed by atoms with Gasteiger partial charge in [0.1, 0.15) is 11.6 Å². The number of benzene rings is 2. The highest BCUT2D eigenvalue weighted by molar-refractivity contribution is 5.76. The molecule has 0 aliphatic rings. The summed E-state index contributed by atoms with van der Waals surface area (Å²) < 4.78 is 27.0. The maximum absolute atomic E-state index is 13.5. The summed E-state index contributed by atoms with van der Waals surface area (Å²) in [6.45, 7) is 1.77. The van der Waals surface area contributed by atoms with E-state index < -0.39 is 23.8 Å². The number of hydrogen-bond acceptors (Lipinski definition) is 4. The molecule has 0 fully saturated rings. The Morgan fingerprint density at radius 1 is 1.07 bits per heavy atom. The summed E-state index contributed by atoms with van der Waals surface area (Å²) in [5.74, 6) is -1.68. The maximum Gasteiger partial charge on any atom is 0.220 e. The largest absolute Gasteiger partial charge is 0.395 e. The molecule has 0 aromatic heterocycles. The zero-order chi connectivity index (χ0) is 21.2. The molecule has 7 heteroatoms. The van der Waals surface area contributed by atoms with Crippen molar-refractivity contribution in [3.8, 4) is 0 Å². The van der Waals surface area contributed by atoms with E-state index in [-0.39, 0.29) is 37.9 Å². The standard InChI is InChI=1S/C22H28F2N2O3/c1-15(14-27)25-13-21(28)20(11-17-9-18(23)12-19(24)10-17)26-22(29)8-7-16-5-3-2-4-6-16/h2-6,9-10,12,15,20-21,25,27-28H,7-8,11,13-14H2,1H3,(H,26,29)/t15?,20-,21-/m1/s1. The minimum atomic E-state index is -1.00. The molecule has 0 aliphatic carbocycles. The second-order valence-corrected chi connectivity index (χ2v) is 7.20. The van der Waals surface area contributed by atoms with Gasteiger partial charge in [0.25, 0.3) is 0 Å². The molecule has 1 unspecified atom stereocenters. The Morgan fingerprint density at radius 2 is 1.72 bits per heavy atom. The van der Waals surface area contributed by atoms with Crippen LogP contribution in [0.2, 0.25) is 0 Å². The molecule has 29 heavy (non-hydrogen) atoms. The average molecular weight is 406 g/mol. The van der Waals surface area contributed by atoms with Crippen LogP contribution in [-0.4, -0.2) is 47.5 Å². The molecule has 3 atom stereocenters. The third-order valence-corrected chi connectivity index (χ3v) is 4.62. The summed E-state index contributed by atoms with van der Waals surface area (Å²) in [6.07, 6.45) is -0.159. The van der Waals surface area contributed by atoms with E-state index in [1.807, 2.05) is 30.3 Å². The Kier molecular flexibility index (Phi) is 9.18. The molecule has 0 bridgehead atoms. The summed E-state index contributed by atoms with van der Waals surface area (Å²) in [5.41, 5.74) is 1.36. The Hall–Kier alpha value is -2.35. The number of halogens is 2. The number of aliphatic hydroxyl groups is 2. The van der Waals surface area contributed by atoms with E-state index in [0.29, 0.717) is 12.0 Å². The fraction of sp³-hybridized carbons (Fsp3) is 0.409. The van der Waals surface area contributed by atoms with Crippen LogP contribution in [-0.2, 0) is 17.6 Å². The van der Waals surface area contributed by atoms with Crippen LogP contribution in [0.4, 0.5) is 8.78 Å². The monoisotopic (exact) mass is 406 g/mol. The first-order valence-electron chi connectivity index (χ1n) is 9.68. The van der Waals surface area contributed by atoms with Crippen molar-refractivity contribution in [3.63, 3.8) is 0 Å². The smallest absolute Gasteiger partial charge is 0.220 e. The van der Waals surface area contributed by atoms with Crippen LogP contribution in [0, 0.1) is 11.6 Å². The van der Waals surface area contributed by atoms with Gasteiger partial charge in [-0.1, -0.05) is 30.3 Å². The number of hydrogen-bond donors (Lipinski definition) is 4. The molecule has 0 saturated heterocycles. The van der Waals surface area contributed by atoms with Crippen LogP contribution in [0.1, 0.15) is 24.5 Å².